The smallest absolute Gasteiger partial charge is 0.408 e. The number of aliphatic hydroxyl groups excluding tert-OH is 1. The van der Waals surface area contributed by atoms with Gasteiger partial charge >= 0.3 is 18.0 Å². The lowest BCUT2D eigenvalue weighted by Crippen LogP contribution is -2.60. The number of alkyl carbamates (subject to hydrolysis) is 1. The molecule has 0 aliphatic heterocycles. The van der Waals surface area contributed by atoms with E-state index in [-0.39, 0.29) is 19.4 Å². The number of Topliss-reactive ketones (excluding diaryl/α,β-unsaturated/α-hetero) is 1. The molecule has 0 bridgehead atoms. The number of aliphatic hydroxyl groups is 1. The van der Waals surface area contributed by atoms with Gasteiger partial charge in [-0.2, -0.15) is 0 Å². The van der Waals surface area contributed by atoms with Crippen LogP contribution in [0.4, 0.5) is 9.18 Å². The molecule has 16 heteroatoms. The van der Waals surface area contributed by atoms with Gasteiger partial charge in [0.05, 0.1) is 26.7 Å². The third-order valence-corrected chi connectivity index (χ3v) is 6.98. The van der Waals surface area contributed by atoms with Gasteiger partial charge < -0.3 is 40.6 Å². The fourth-order valence-electron chi connectivity index (χ4n) is 4.00. The molecule has 5 N–H and O–H groups in total. The third kappa shape index (κ3) is 13.6. The maximum Gasteiger partial charge on any atom is 0.408 e. The minimum atomic E-state index is -1.74. The number of ketones is 1. The van der Waals surface area contributed by atoms with E-state index >= 15 is 0 Å². The van der Waals surface area contributed by atoms with E-state index < -0.39 is 90.8 Å². The Labute approximate surface area is 266 Å². The second kappa shape index (κ2) is 20.4. The molecule has 1 aromatic rings. The van der Waals surface area contributed by atoms with E-state index in [0.717, 1.165) is 21.1 Å². The van der Waals surface area contributed by atoms with E-state index in [4.69, 9.17) is 4.74 Å². The quantitative estimate of drug-likeness (QED) is 0.100. The highest BCUT2D eigenvalue weighted by Gasteiger charge is 2.35. The van der Waals surface area contributed by atoms with Crippen molar-refractivity contribution < 1.29 is 57.3 Å². The Hall–Kier alpha value is -4.60. The fourth-order valence-corrected chi connectivity index (χ4v) is 4.00. The van der Waals surface area contributed by atoms with Crippen LogP contribution < -0.4 is 21.3 Å². The summed E-state index contributed by atoms with van der Waals surface area (Å²) in [6.07, 6.45) is -3.39. The number of nitrogens with one attached hydrogen (secondary N) is 4. The number of ether oxygens (including phenoxy) is 3. The Bertz CT molecular complexity index is 1200. The number of benzene rings is 1. The maximum atomic E-state index is 13.4. The first-order chi connectivity index (χ1) is 21.8. The van der Waals surface area contributed by atoms with Crippen LogP contribution in [0.3, 0.4) is 0 Å². The Morgan fingerprint density at radius 2 is 1.39 bits per heavy atom. The van der Waals surface area contributed by atoms with Gasteiger partial charge in [-0.25, -0.2) is 9.18 Å². The van der Waals surface area contributed by atoms with Crippen molar-refractivity contribution in [2.24, 2.45) is 5.92 Å². The monoisotopic (exact) mass is 654 g/mol. The number of carbonyl (C=O) groups is 7. The van der Waals surface area contributed by atoms with Gasteiger partial charge in [-0.05, 0) is 24.8 Å². The molecule has 1 rings (SSSR count). The van der Waals surface area contributed by atoms with Crippen LogP contribution in [0.15, 0.2) is 30.3 Å². The predicted octanol–water partition coefficient (Wildman–Crippen LogP) is 0.218. The Morgan fingerprint density at radius 3 is 1.93 bits per heavy atom. The zero-order valence-electron chi connectivity index (χ0n) is 26.5. The molecule has 0 aliphatic rings. The zero-order chi connectivity index (χ0) is 34.8. The number of rotatable bonds is 19. The molecule has 46 heavy (non-hydrogen) atoms. The summed E-state index contributed by atoms with van der Waals surface area (Å²) in [7, 11) is 2.15. The van der Waals surface area contributed by atoms with Gasteiger partial charge in [-0.1, -0.05) is 50.6 Å². The molecular weight excluding hydrogens is 611 g/mol. The molecule has 0 fully saturated rings. The van der Waals surface area contributed by atoms with Crippen LogP contribution >= 0.6 is 0 Å². The van der Waals surface area contributed by atoms with Crippen LogP contribution in [-0.2, 0) is 49.6 Å². The van der Waals surface area contributed by atoms with Crippen LogP contribution in [0.1, 0.15) is 52.0 Å². The van der Waals surface area contributed by atoms with Crippen molar-refractivity contribution in [2.45, 2.75) is 83.3 Å². The van der Waals surface area contributed by atoms with Crippen LogP contribution in [0.2, 0.25) is 0 Å². The van der Waals surface area contributed by atoms with Gasteiger partial charge in [0, 0.05) is 6.42 Å². The first kappa shape index (κ1) is 39.4. The molecular formula is C30H43FN4O11. The standard InChI is InChI=1S/C30H43FN4O11/c1-6-17(2)25(35-30(43)46-16-19-10-8-7-9-11-19)28(41)32-20(12-13-23(38)44-4)27(40)34-26(18(3)36)29(42)33-21(22(37)15-31)14-24(39)45-5/h7-11,17-18,20-21,25-26,36H,6,12-16H2,1-5H3,(H,32,41)(H,33,42)(H,34,40)(H,35,43)/t17-,18+,20-,21+,25-,26-/m0/s1. The van der Waals surface area contributed by atoms with Crippen molar-refractivity contribution in [3.05, 3.63) is 35.9 Å². The zero-order valence-corrected chi connectivity index (χ0v) is 26.5. The highest BCUT2D eigenvalue weighted by molar-refractivity contribution is 5.97. The average molecular weight is 655 g/mol. The number of hydrogen-bond donors (Lipinski definition) is 5. The molecule has 0 heterocycles. The largest absolute Gasteiger partial charge is 0.469 e. The second-order valence-corrected chi connectivity index (χ2v) is 10.4. The summed E-state index contributed by atoms with van der Waals surface area (Å²) in [5.41, 5.74) is 0.712. The maximum absolute atomic E-state index is 13.4. The average Bonchev–Trinajstić information content (AvgIpc) is 3.05. The predicted molar refractivity (Wildman–Crippen MR) is 159 cm³/mol. The van der Waals surface area contributed by atoms with Crippen molar-refractivity contribution in [3.63, 3.8) is 0 Å². The summed E-state index contributed by atoms with van der Waals surface area (Å²) in [5, 5.41) is 19.6. The highest BCUT2D eigenvalue weighted by atomic mass is 19.1. The molecule has 0 radical (unpaired) electrons. The van der Waals surface area contributed by atoms with Crippen molar-refractivity contribution >= 4 is 41.5 Å². The number of carbonyl (C=O) groups excluding carboxylic acids is 7. The Balaban J connectivity index is 3.14. The van der Waals surface area contributed by atoms with Gasteiger partial charge in [0.2, 0.25) is 17.7 Å². The van der Waals surface area contributed by atoms with E-state index in [9.17, 15) is 43.1 Å². The normalized spacial score (nSPS) is 14.6. The summed E-state index contributed by atoms with van der Waals surface area (Å²) >= 11 is 0. The fraction of sp³-hybridized carbons (Fsp3) is 0.567. The number of methoxy groups -OCH3 is 2. The number of halogens is 1. The van der Waals surface area contributed by atoms with E-state index in [0.29, 0.717) is 12.0 Å². The second-order valence-electron chi connectivity index (χ2n) is 10.4. The van der Waals surface area contributed by atoms with Gasteiger partial charge in [-0.3, -0.25) is 28.8 Å². The van der Waals surface area contributed by atoms with E-state index in [1.807, 2.05) is 0 Å². The van der Waals surface area contributed by atoms with Gasteiger partial charge in [0.25, 0.3) is 0 Å². The van der Waals surface area contributed by atoms with Gasteiger partial charge in [-0.15, -0.1) is 0 Å². The summed E-state index contributed by atoms with van der Waals surface area (Å²) in [6.45, 7) is 3.02. The molecule has 1 aromatic carbocycles. The lowest BCUT2D eigenvalue weighted by atomic mass is 9.97. The molecule has 256 valence electrons. The van der Waals surface area contributed by atoms with Crippen molar-refractivity contribution in [3.8, 4) is 0 Å². The van der Waals surface area contributed by atoms with E-state index in [1.165, 1.54) is 0 Å². The lowest BCUT2D eigenvalue weighted by Gasteiger charge is -2.28. The molecule has 0 aromatic heterocycles. The first-order valence-electron chi connectivity index (χ1n) is 14.6. The highest BCUT2D eigenvalue weighted by Crippen LogP contribution is 2.11. The molecule has 4 amide bonds. The Morgan fingerprint density at radius 1 is 0.804 bits per heavy atom. The minimum absolute atomic E-state index is 0.0636. The summed E-state index contributed by atoms with van der Waals surface area (Å²) in [4.78, 5) is 87.8. The lowest BCUT2D eigenvalue weighted by molar-refractivity contribution is -0.144. The number of hydrogen-bond acceptors (Lipinski definition) is 11. The van der Waals surface area contributed by atoms with Crippen molar-refractivity contribution in [1.82, 2.24) is 21.3 Å². The SMILES string of the molecule is CC[C@H](C)[C@H](NC(=O)OCc1ccccc1)C(=O)N[C@@H](CCC(=O)OC)C(=O)N[C@H](C(=O)N[C@H](CC(=O)OC)C(=O)CF)[C@@H](C)O. The first-order valence-corrected chi connectivity index (χ1v) is 14.6. The molecule has 0 unspecified atom stereocenters. The molecule has 15 nitrogen and oxygen atoms in total. The topological polar surface area (TPSA) is 216 Å². The van der Waals surface area contributed by atoms with Gasteiger partial charge in [0.1, 0.15) is 37.4 Å². The summed E-state index contributed by atoms with van der Waals surface area (Å²) < 4.78 is 27.4. The molecule has 0 aliphatic carbocycles. The summed E-state index contributed by atoms with van der Waals surface area (Å²) in [6, 6.07) is 2.77. The number of amides is 4. The van der Waals surface area contributed by atoms with Crippen LogP contribution in [0, 0.1) is 5.92 Å². The van der Waals surface area contributed by atoms with E-state index in [1.54, 1.807) is 44.2 Å². The number of alkyl halides is 1. The minimum Gasteiger partial charge on any atom is -0.469 e. The van der Waals surface area contributed by atoms with Crippen LogP contribution in [0.25, 0.3) is 0 Å². The molecule has 0 saturated heterocycles. The van der Waals surface area contributed by atoms with Crippen molar-refractivity contribution in [2.75, 3.05) is 20.9 Å². The molecule has 0 saturated carbocycles. The molecule has 6 atom stereocenters. The van der Waals surface area contributed by atoms with E-state index in [2.05, 4.69) is 30.7 Å². The number of esters is 2. The third-order valence-electron chi connectivity index (χ3n) is 6.98. The molecule has 0 spiro atoms. The van der Waals surface area contributed by atoms with Crippen LogP contribution in [-0.4, -0.2) is 97.8 Å². The Kier molecular flexibility index (Phi) is 17.5. The van der Waals surface area contributed by atoms with Crippen molar-refractivity contribution in [1.29, 1.82) is 0 Å². The van der Waals surface area contributed by atoms with Crippen LogP contribution in [0.5, 0.6) is 0 Å². The van der Waals surface area contributed by atoms with Gasteiger partial charge in [0.15, 0.2) is 5.78 Å². The summed E-state index contributed by atoms with van der Waals surface area (Å²) in [5.74, 6) is -6.20.